The van der Waals surface area contributed by atoms with Crippen LogP contribution in [0.2, 0.25) is 6.04 Å². The summed E-state index contributed by atoms with van der Waals surface area (Å²) in [6.45, 7) is 10.5. The third kappa shape index (κ3) is 15.0. The Kier molecular flexibility index (Phi) is 18.6. The van der Waals surface area contributed by atoms with Gasteiger partial charge in [-0.15, -0.1) is 6.42 Å². The molecular weight excluding hydrogens is 382 g/mol. The van der Waals surface area contributed by atoms with E-state index in [4.69, 9.17) is 33.9 Å². The molecule has 0 saturated heterocycles. The molecular formula is C19H37NO7Si. The second-order valence-electron chi connectivity index (χ2n) is 5.67. The number of ether oxygens (including phenoxy) is 3. The average Bonchev–Trinajstić information content (AvgIpc) is 2.67. The van der Waals surface area contributed by atoms with E-state index in [2.05, 4.69) is 11.2 Å². The van der Waals surface area contributed by atoms with Gasteiger partial charge in [0.25, 0.3) is 0 Å². The average molecular weight is 420 g/mol. The van der Waals surface area contributed by atoms with E-state index >= 15 is 0 Å². The van der Waals surface area contributed by atoms with E-state index < -0.39 is 8.80 Å². The Morgan fingerprint density at radius 1 is 0.893 bits per heavy atom. The lowest BCUT2D eigenvalue weighted by Crippen LogP contribution is -2.46. The SMILES string of the molecule is C#CCOCCOCCOCCC(=O)NCCC[Si](OCC)(OCC)OCC. The zero-order valence-corrected chi connectivity index (χ0v) is 18.6. The molecule has 0 aliphatic rings. The number of carbonyl (C=O) groups is 1. The first kappa shape index (κ1) is 27.0. The largest absolute Gasteiger partial charge is 0.500 e. The Hall–Kier alpha value is -0.993. The van der Waals surface area contributed by atoms with E-state index in [1.165, 1.54) is 0 Å². The van der Waals surface area contributed by atoms with Crippen molar-refractivity contribution in [3.05, 3.63) is 0 Å². The van der Waals surface area contributed by atoms with Crippen LogP contribution in [0.15, 0.2) is 0 Å². The van der Waals surface area contributed by atoms with Gasteiger partial charge in [-0.1, -0.05) is 5.92 Å². The smallest absolute Gasteiger partial charge is 0.379 e. The molecule has 0 rings (SSSR count). The van der Waals surface area contributed by atoms with E-state index in [9.17, 15) is 4.79 Å². The molecule has 0 fully saturated rings. The lowest BCUT2D eigenvalue weighted by atomic mass is 10.4. The maximum atomic E-state index is 11.8. The van der Waals surface area contributed by atoms with Crippen LogP contribution in [0.1, 0.15) is 33.6 Å². The summed E-state index contributed by atoms with van der Waals surface area (Å²) in [6.07, 6.45) is 6.12. The first-order chi connectivity index (χ1) is 13.6. The van der Waals surface area contributed by atoms with Crippen molar-refractivity contribution in [2.75, 3.05) is 66.0 Å². The van der Waals surface area contributed by atoms with Gasteiger partial charge in [0.05, 0.1) is 33.0 Å². The topological polar surface area (TPSA) is 84.5 Å². The van der Waals surface area contributed by atoms with Gasteiger partial charge in [-0.3, -0.25) is 4.79 Å². The van der Waals surface area contributed by atoms with Gasteiger partial charge in [0.15, 0.2) is 0 Å². The van der Waals surface area contributed by atoms with Crippen molar-refractivity contribution in [1.29, 1.82) is 0 Å². The number of carbonyl (C=O) groups excluding carboxylic acids is 1. The lowest BCUT2D eigenvalue weighted by Gasteiger charge is -2.28. The molecule has 0 saturated carbocycles. The molecule has 0 heterocycles. The van der Waals surface area contributed by atoms with E-state index in [0.29, 0.717) is 78.5 Å². The van der Waals surface area contributed by atoms with Gasteiger partial charge >= 0.3 is 8.80 Å². The van der Waals surface area contributed by atoms with Gasteiger partial charge in [-0.25, -0.2) is 0 Å². The van der Waals surface area contributed by atoms with Gasteiger partial charge in [-0.05, 0) is 27.2 Å². The quantitative estimate of drug-likeness (QED) is 0.182. The summed E-state index contributed by atoms with van der Waals surface area (Å²) in [5.41, 5.74) is 0. The molecule has 8 nitrogen and oxygen atoms in total. The standard InChI is InChI=1S/C19H37NO7Si/c1-5-12-22-14-16-24-17-15-23-13-10-19(21)20-11-9-18-28(25-6-2,26-7-3)27-8-4/h1H,6-18H2,2-4H3,(H,20,21). The van der Waals surface area contributed by atoms with E-state index in [1.54, 1.807) is 0 Å². The van der Waals surface area contributed by atoms with Crippen LogP contribution in [0.4, 0.5) is 0 Å². The molecule has 1 amide bonds. The van der Waals surface area contributed by atoms with Crippen LogP contribution in [-0.4, -0.2) is 80.7 Å². The summed E-state index contributed by atoms with van der Waals surface area (Å²) < 4.78 is 33.1. The predicted octanol–water partition coefficient (Wildman–Crippen LogP) is 1.61. The maximum Gasteiger partial charge on any atom is 0.500 e. The number of rotatable bonds is 20. The van der Waals surface area contributed by atoms with Crippen LogP contribution in [0, 0.1) is 12.3 Å². The van der Waals surface area contributed by atoms with E-state index in [0.717, 1.165) is 6.42 Å². The Balaban J connectivity index is 3.71. The zero-order valence-electron chi connectivity index (χ0n) is 17.6. The van der Waals surface area contributed by atoms with Crippen molar-refractivity contribution in [1.82, 2.24) is 5.32 Å². The van der Waals surface area contributed by atoms with Gasteiger partial charge in [0.2, 0.25) is 5.91 Å². The van der Waals surface area contributed by atoms with Crippen molar-refractivity contribution in [3.8, 4) is 12.3 Å². The minimum atomic E-state index is -2.63. The van der Waals surface area contributed by atoms with Crippen molar-refractivity contribution in [2.24, 2.45) is 0 Å². The molecule has 1 N–H and O–H groups in total. The van der Waals surface area contributed by atoms with Crippen molar-refractivity contribution < 1.29 is 32.3 Å². The normalized spacial score (nSPS) is 11.4. The van der Waals surface area contributed by atoms with Crippen LogP contribution in [0.25, 0.3) is 0 Å². The molecule has 0 spiro atoms. The van der Waals surface area contributed by atoms with Crippen LogP contribution in [0.5, 0.6) is 0 Å². The summed E-state index contributed by atoms with van der Waals surface area (Å²) in [5, 5.41) is 2.89. The predicted molar refractivity (Wildman–Crippen MR) is 109 cm³/mol. The Labute approximate surface area is 170 Å². The Morgan fingerprint density at radius 2 is 1.43 bits per heavy atom. The summed E-state index contributed by atoms with van der Waals surface area (Å²) in [7, 11) is -2.63. The van der Waals surface area contributed by atoms with Crippen LogP contribution in [-0.2, 0) is 32.3 Å². The summed E-state index contributed by atoms with van der Waals surface area (Å²) in [5.74, 6) is 2.34. The molecule has 9 heteroatoms. The van der Waals surface area contributed by atoms with E-state index in [-0.39, 0.29) is 5.91 Å². The summed E-state index contributed by atoms with van der Waals surface area (Å²) >= 11 is 0. The molecule has 0 unspecified atom stereocenters. The van der Waals surface area contributed by atoms with Crippen molar-refractivity contribution in [3.63, 3.8) is 0 Å². The second-order valence-corrected chi connectivity index (χ2v) is 8.40. The fourth-order valence-corrected chi connectivity index (χ4v) is 4.97. The molecule has 0 bridgehead atoms. The van der Waals surface area contributed by atoms with Crippen molar-refractivity contribution in [2.45, 2.75) is 39.7 Å². The Bertz CT molecular complexity index is 401. The van der Waals surface area contributed by atoms with Gasteiger partial charge < -0.3 is 32.8 Å². The summed E-state index contributed by atoms with van der Waals surface area (Å²) in [4.78, 5) is 11.8. The zero-order chi connectivity index (χ0) is 20.9. The van der Waals surface area contributed by atoms with Gasteiger partial charge in [0.1, 0.15) is 6.61 Å². The van der Waals surface area contributed by atoms with Crippen molar-refractivity contribution >= 4 is 14.7 Å². The number of hydrogen-bond donors (Lipinski definition) is 1. The number of terminal acetylenes is 1. The first-order valence-electron chi connectivity index (χ1n) is 9.99. The maximum absolute atomic E-state index is 11.8. The molecule has 0 aliphatic carbocycles. The van der Waals surface area contributed by atoms with Gasteiger partial charge in [0, 0.05) is 38.8 Å². The highest BCUT2D eigenvalue weighted by Crippen LogP contribution is 2.17. The lowest BCUT2D eigenvalue weighted by molar-refractivity contribution is -0.122. The second kappa shape index (κ2) is 19.3. The molecule has 28 heavy (non-hydrogen) atoms. The summed E-state index contributed by atoms with van der Waals surface area (Å²) in [6, 6.07) is 0.682. The van der Waals surface area contributed by atoms with Crippen LogP contribution in [0.3, 0.4) is 0 Å². The molecule has 0 aromatic rings. The fourth-order valence-electron chi connectivity index (χ4n) is 2.36. The molecule has 0 atom stereocenters. The third-order valence-corrected chi connectivity index (χ3v) is 6.63. The molecule has 0 aromatic carbocycles. The third-order valence-electron chi connectivity index (χ3n) is 3.48. The monoisotopic (exact) mass is 419 g/mol. The number of nitrogens with one attached hydrogen (secondary N) is 1. The molecule has 0 radical (unpaired) electrons. The van der Waals surface area contributed by atoms with Crippen LogP contribution >= 0.6 is 0 Å². The van der Waals surface area contributed by atoms with E-state index in [1.807, 2.05) is 20.8 Å². The Morgan fingerprint density at radius 3 is 1.96 bits per heavy atom. The minimum absolute atomic E-state index is 0.0416. The fraction of sp³-hybridized carbons (Fsp3) is 0.842. The van der Waals surface area contributed by atoms with Crippen LogP contribution < -0.4 is 5.32 Å². The first-order valence-corrected chi connectivity index (χ1v) is 11.9. The highest BCUT2D eigenvalue weighted by Gasteiger charge is 2.39. The number of amides is 1. The highest BCUT2D eigenvalue weighted by molar-refractivity contribution is 6.60. The minimum Gasteiger partial charge on any atom is -0.379 e. The molecule has 0 aliphatic heterocycles. The molecule has 0 aromatic heterocycles. The van der Waals surface area contributed by atoms with Gasteiger partial charge in [-0.2, -0.15) is 0 Å². The molecule has 164 valence electrons. The highest BCUT2D eigenvalue weighted by atomic mass is 28.4. The number of hydrogen-bond acceptors (Lipinski definition) is 7.